The molecule has 17 heavy (non-hydrogen) atoms. The molecular weight excluding hydrogens is 368 g/mol. The molecule has 0 nitrogen and oxygen atoms in total. The van der Waals surface area contributed by atoms with E-state index in [0.717, 1.165) is 4.43 Å². The van der Waals surface area contributed by atoms with Crippen LogP contribution in [0.5, 0.6) is 0 Å². The summed E-state index contributed by atoms with van der Waals surface area (Å²) in [7, 11) is 0. The van der Waals surface area contributed by atoms with Gasteiger partial charge < -0.3 is 0 Å². The second-order valence-corrected chi connectivity index (χ2v) is 4.73. The predicted molar refractivity (Wildman–Crippen MR) is 57.9 cm³/mol. The fourth-order valence-corrected chi connectivity index (χ4v) is 1.80. The Morgan fingerprint density at radius 3 is 1.41 bits per heavy atom. The third kappa shape index (κ3) is 4.78. The van der Waals surface area contributed by atoms with Crippen molar-refractivity contribution in [3.05, 3.63) is 0 Å². The third-order valence-corrected chi connectivity index (χ3v) is 3.07. The molecule has 0 radical (unpaired) electrons. The Balaban J connectivity index is 4.44. The smallest absolute Gasteiger partial charge is 0.224 e. The summed E-state index contributed by atoms with van der Waals surface area (Å²) in [5.74, 6) is 0. The second kappa shape index (κ2) is 6.42. The topological polar surface area (TPSA) is 0 Å². The molecule has 0 aromatic carbocycles. The molecule has 0 aromatic rings. The lowest BCUT2D eigenvalue weighted by Gasteiger charge is -2.29. The van der Waals surface area contributed by atoms with Crippen LogP contribution in [0.3, 0.4) is 0 Å². The Morgan fingerprint density at radius 1 is 0.647 bits per heavy atom. The number of alkyl halides is 8. The van der Waals surface area contributed by atoms with Gasteiger partial charge in [0.1, 0.15) is 0 Å². The fraction of sp³-hybridized carbons (Fsp3) is 1.00. The minimum atomic E-state index is -5.91. The summed E-state index contributed by atoms with van der Waals surface area (Å²) in [6.45, 7) is 0. The van der Waals surface area contributed by atoms with Crippen molar-refractivity contribution >= 4 is 22.6 Å². The SMILES string of the molecule is FC(F)(F)C(F)(CCCCCCI)C(F)(F)F. The van der Waals surface area contributed by atoms with E-state index in [9.17, 15) is 30.7 Å². The molecule has 8 heteroatoms. The van der Waals surface area contributed by atoms with Crippen molar-refractivity contribution in [1.82, 2.24) is 0 Å². The van der Waals surface area contributed by atoms with Gasteiger partial charge in [0.2, 0.25) is 0 Å². The molecule has 0 unspecified atom stereocenters. The van der Waals surface area contributed by atoms with Gasteiger partial charge in [0.05, 0.1) is 0 Å². The van der Waals surface area contributed by atoms with Gasteiger partial charge in [-0.2, -0.15) is 26.3 Å². The number of rotatable bonds is 6. The highest BCUT2D eigenvalue weighted by molar-refractivity contribution is 14.1. The van der Waals surface area contributed by atoms with E-state index in [-0.39, 0.29) is 6.42 Å². The second-order valence-electron chi connectivity index (χ2n) is 3.65. The summed E-state index contributed by atoms with van der Waals surface area (Å²) in [6, 6.07) is 0. The summed E-state index contributed by atoms with van der Waals surface area (Å²) in [6.07, 6.45) is -12.4. The quantitative estimate of drug-likeness (QED) is 0.257. The Morgan fingerprint density at radius 2 is 1.06 bits per heavy atom. The fourth-order valence-electron chi connectivity index (χ4n) is 1.26. The first-order valence-corrected chi connectivity index (χ1v) is 6.47. The van der Waals surface area contributed by atoms with Crippen molar-refractivity contribution in [2.75, 3.05) is 4.43 Å². The van der Waals surface area contributed by atoms with Crippen LogP contribution in [0.4, 0.5) is 30.7 Å². The normalized spacial score (nSPS) is 14.1. The monoisotopic (exact) mass is 380 g/mol. The maximum Gasteiger partial charge on any atom is 0.431 e. The maximum absolute atomic E-state index is 13.1. The molecule has 0 aliphatic heterocycles. The lowest BCUT2D eigenvalue weighted by atomic mass is 9.96. The molecule has 0 atom stereocenters. The van der Waals surface area contributed by atoms with Gasteiger partial charge >= 0.3 is 12.4 Å². The minimum absolute atomic E-state index is 0.167. The molecule has 0 aliphatic rings. The van der Waals surface area contributed by atoms with Crippen LogP contribution < -0.4 is 0 Å². The zero-order chi connectivity index (χ0) is 13.7. The van der Waals surface area contributed by atoms with Gasteiger partial charge in [-0.25, -0.2) is 4.39 Å². The molecule has 0 amide bonds. The van der Waals surface area contributed by atoms with Gasteiger partial charge in [0, 0.05) is 0 Å². The van der Waals surface area contributed by atoms with Crippen LogP contribution in [0.2, 0.25) is 0 Å². The average molecular weight is 380 g/mol. The third-order valence-electron chi connectivity index (χ3n) is 2.30. The van der Waals surface area contributed by atoms with E-state index in [2.05, 4.69) is 0 Å². The molecule has 0 N–H and O–H groups in total. The standard InChI is InChI=1S/C9H12F7I/c10-7(8(11,12)13,9(14,15)16)5-3-1-2-4-6-17/h1-6H2. The van der Waals surface area contributed by atoms with Crippen molar-refractivity contribution in [3.8, 4) is 0 Å². The largest absolute Gasteiger partial charge is 0.431 e. The van der Waals surface area contributed by atoms with E-state index >= 15 is 0 Å². The van der Waals surface area contributed by atoms with E-state index in [1.165, 1.54) is 0 Å². The molecule has 0 rings (SSSR count). The van der Waals surface area contributed by atoms with Crippen molar-refractivity contribution in [2.45, 2.75) is 50.1 Å². The van der Waals surface area contributed by atoms with Crippen LogP contribution in [0.1, 0.15) is 32.1 Å². The number of halogens is 8. The van der Waals surface area contributed by atoms with E-state index in [4.69, 9.17) is 0 Å². The highest BCUT2D eigenvalue weighted by Crippen LogP contribution is 2.49. The van der Waals surface area contributed by atoms with Gasteiger partial charge in [0.25, 0.3) is 5.67 Å². The van der Waals surface area contributed by atoms with Crippen LogP contribution in [0.15, 0.2) is 0 Å². The maximum atomic E-state index is 13.1. The van der Waals surface area contributed by atoms with Gasteiger partial charge in [-0.15, -0.1) is 0 Å². The Bertz CT molecular complexity index is 206. The van der Waals surface area contributed by atoms with Crippen molar-refractivity contribution < 1.29 is 30.7 Å². The molecule has 104 valence electrons. The number of hydrogen-bond acceptors (Lipinski definition) is 0. The first kappa shape index (κ1) is 17.2. The zero-order valence-electron chi connectivity index (χ0n) is 8.77. The van der Waals surface area contributed by atoms with Crippen LogP contribution in [0, 0.1) is 0 Å². The lowest BCUT2D eigenvalue weighted by Crippen LogP contribution is -2.53. The molecular formula is C9H12F7I. The van der Waals surface area contributed by atoms with Crippen molar-refractivity contribution in [2.24, 2.45) is 0 Å². The molecule has 0 aromatic heterocycles. The molecule has 0 fully saturated rings. The molecule has 0 spiro atoms. The number of hydrogen-bond donors (Lipinski definition) is 0. The first-order chi connectivity index (χ1) is 7.56. The Kier molecular flexibility index (Phi) is 6.51. The highest BCUT2D eigenvalue weighted by Gasteiger charge is 2.71. The van der Waals surface area contributed by atoms with E-state index in [0.29, 0.717) is 12.8 Å². The van der Waals surface area contributed by atoms with Crippen LogP contribution in [-0.4, -0.2) is 22.4 Å². The Labute approximate surface area is 108 Å². The van der Waals surface area contributed by atoms with Crippen LogP contribution in [-0.2, 0) is 0 Å². The van der Waals surface area contributed by atoms with Gasteiger partial charge in [0.15, 0.2) is 0 Å². The highest BCUT2D eigenvalue weighted by atomic mass is 127. The summed E-state index contributed by atoms with van der Waals surface area (Å²) in [5.41, 5.74) is -5.08. The van der Waals surface area contributed by atoms with Crippen molar-refractivity contribution in [1.29, 1.82) is 0 Å². The van der Waals surface area contributed by atoms with E-state index < -0.39 is 30.9 Å². The zero-order valence-corrected chi connectivity index (χ0v) is 10.9. The Hall–Kier alpha value is 0.240. The summed E-state index contributed by atoms with van der Waals surface area (Å²) in [5, 5.41) is 0. The first-order valence-electron chi connectivity index (χ1n) is 4.94. The summed E-state index contributed by atoms with van der Waals surface area (Å²) >= 11 is 2.05. The number of unbranched alkanes of at least 4 members (excludes halogenated alkanes) is 3. The van der Waals surface area contributed by atoms with Crippen LogP contribution >= 0.6 is 22.6 Å². The lowest BCUT2D eigenvalue weighted by molar-refractivity contribution is -0.343. The van der Waals surface area contributed by atoms with E-state index in [1.54, 1.807) is 0 Å². The summed E-state index contributed by atoms with van der Waals surface area (Å²) < 4.78 is 86.3. The molecule has 0 aliphatic carbocycles. The molecule has 0 bridgehead atoms. The van der Waals surface area contributed by atoms with Gasteiger partial charge in [-0.05, 0) is 23.7 Å². The molecule has 0 saturated heterocycles. The van der Waals surface area contributed by atoms with Crippen LogP contribution in [0.25, 0.3) is 0 Å². The molecule has 0 saturated carbocycles. The molecule has 0 heterocycles. The van der Waals surface area contributed by atoms with E-state index in [1.807, 2.05) is 22.6 Å². The van der Waals surface area contributed by atoms with Gasteiger partial charge in [-0.3, -0.25) is 0 Å². The summed E-state index contributed by atoms with van der Waals surface area (Å²) in [4.78, 5) is 0. The average Bonchev–Trinajstić information content (AvgIpc) is 2.13. The minimum Gasteiger partial charge on any atom is -0.224 e. The van der Waals surface area contributed by atoms with Crippen molar-refractivity contribution in [3.63, 3.8) is 0 Å². The predicted octanol–water partition coefficient (Wildman–Crippen LogP) is 5.20. The van der Waals surface area contributed by atoms with Gasteiger partial charge in [-0.1, -0.05) is 35.4 Å².